The summed E-state index contributed by atoms with van der Waals surface area (Å²) in [6, 6.07) is 16.3. The molecule has 1 fully saturated rings. The minimum Gasteiger partial charge on any atom is -0.338 e. The first-order valence-electron chi connectivity index (χ1n) is 9.16. The van der Waals surface area contributed by atoms with Crippen molar-refractivity contribution < 1.29 is 4.79 Å². The Kier molecular flexibility index (Phi) is 4.82. The van der Waals surface area contributed by atoms with Crippen LogP contribution in [0.1, 0.15) is 30.1 Å². The smallest absolute Gasteiger partial charge is 0.314 e. The average Bonchev–Trinajstić information content (AvgIpc) is 3.36. The standard InChI is InChI=1S/C20H23N5O/c26-20(22-14-16-13-17(16)15-7-2-1-3-8-15)21-11-6-10-19-24-23-18-9-4-5-12-25(18)19/h1-5,7-9,12,16-17H,6,10-11,13-14H2,(H2,21,22,26). The first-order valence-corrected chi connectivity index (χ1v) is 9.16. The maximum absolute atomic E-state index is 11.9. The summed E-state index contributed by atoms with van der Waals surface area (Å²) < 4.78 is 1.98. The average molecular weight is 349 g/mol. The van der Waals surface area contributed by atoms with Crippen LogP contribution in [-0.2, 0) is 6.42 Å². The molecule has 0 aliphatic heterocycles. The van der Waals surface area contributed by atoms with Gasteiger partial charge in [0.15, 0.2) is 5.65 Å². The van der Waals surface area contributed by atoms with Gasteiger partial charge < -0.3 is 10.6 Å². The summed E-state index contributed by atoms with van der Waals surface area (Å²) in [7, 11) is 0. The summed E-state index contributed by atoms with van der Waals surface area (Å²) in [6.07, 6.45) is 4.73. The van der Waals surface area contributed by atoms with E-state index < -0.39 is 0 Å². The van der Waals surface area contributed by atoms with Crippen molar-refractivity contribution in [1.29, 1.82) is 0 Å². The van der Waals surface area contributed by atoms with Crippen LogP contribution >= 0.6 is 0 Å². The molecule has 0 radical (unpaired) electrons. The Morgan fingerprint density at radius 2 is 1.92 bits per heavy atom. The second-order valence-corrected chi connectivity index (χ2v) is 6.80. The maximum atomic E-state index is 11.9. The predicted octanol–water partition coefficient (Wildman–Crippen LogP) is 2.76. The molecule has 2 unspecified atom stereocenters. The Bertz CT molecular complexity index is 876. The molecule has 0 bridgehead atoms. The highest BCUT2D eigenvalue weighted by atomic mass is 16.2. The molecule has 1 saturated carbocycles. The number of aromatic nitrogens is 3. The van der Waals surface area contributed by atoms with Crippen molar-refractivity contribution in [3.05, 3.63) is 66.1 Å². The van der Waals surface area contributed by atoms with Crippen LogP contribution in [-0.4, -0.2) is 33.7 Å². The number of benzene rings is 1. The molecule has 2 atom stereocenters. The van der Waals surface area contributed by atoms with Crippen molar-refractivity contribution >= 4 is 11.7 Å². The van der Waals surface area contributed by atoms with Crippen molar-refractivity contribution in [1.82, 2.24) is 25.2 Å². The Balaban J connectivity index is 1.14. The Hall–Kier alpha value is -2.89. The molecule has 0 saturated heterocycles. The molecule has 3 aromatic rings. The number of nitrogens with zero attached hydrogens (tertiary/aromatic N) is 3. The number of pyridine rings is 1. The van der Waals surface area contributed by atoms with E-state index in [-0.39, 0.29) is 6.03 Å². The molecule has 2 heterocycles. The second kappa shape index (κ2) is 7.56. The van der Waals surface area contributed by atoms with Crippen LogP contribution < -0.4 is 10.6 Å². The zero-order valence-electron chi connectivity index (χ0n) is 14.6. The van der Waals surface area contributed by atoms with E-state index in [9.17, 15) is 4.79 Å². The second-order valence-electron chi connectivity index (χ2n) is 6.80. The maximum Gasteiger partial charge on any atom is 0.314 e. The lowest BCUT2D eigenvalue weighted by Crippen LogP contribution is -2.37. The van der Waals surface area contributed by atoms with E-state index in [0.717, 1.165) is 37.3 Å². The molecule has 134 valence electrons. The van der Waals surface area contributed by atoms with Gasteiger partial charge in [0.2, 0.25) is 0 Å². The van der Waals surface area contributed by atoms with Crippen molar-refractivity contribution in [2.24, 2.45) is 5.92 Å². The third-order valence-corrected chi connectivity index (χ3v) is 4.92. The SMILES string of the molecule is O=C(NCCCc1nnc2ccccn12)NCC1CC1c1ccccc1. The van der Waals surface area contributed by atoms with Gasteiger partial charge in [-0.1, -0.05) is 36.4 Å². The van der Waals surface area contributed by atoms with E-state index in [2.05, 4.69) is 45.1 Å². The van der Waals surface area contributed by atoms with Crippen LogP contribution in [0.25, 0.3) is 5.65 Å². The van der Waals surface area contributed by atoms with Gasteiger partial charge in [0.25, 0.3) is 0 Å². The summed E-state index contributed by atoms with van der Waals surface area (Å²) >= 11 is 0. The lowest BCUT2D eigenvalue weighted by Gasteiger charge is -2.07. The highest BCUT2D eigenvalue weighted by molar-refractivity contribution is 5.73. The number of rotatable bonds is 7. The van der Waals surface area contributed by atoms with Crippen LogP contribution in [0, 0.1) is 5.92 Å². The fraction of sp³-hybridized carbons (Fsp3) is 0.350. The van der Waals surface area contributed by atoms with E-state index in [1.54, 1.807) is 0 Å². The molecule has 0 spiro atoms. The largest absolute Gasteiger partial charge is 0.338 e. The molecule has 1 aromatic carbocycles. The molecule has 1 aliphatic rings. The number of hydrogen-bond donors (Lipinski definition) is 2. The van der Waals surface area contributed by atoms with Crippen LogP contribution in [0.15, 0.2) is 54.7 Å². The third-order valence-electron chi connectivity index (χ3n) is 4.92. The van der Waals surface area contributed by atoms with Crippen LogP contribution in [0.2, 0.25) is 0 Å². The van der Waals surface area contributed by atoms with Gasteiger partial charge in [-0.05, 0) is 42.4 Å². The number of hydrogen-bond acceptors (Lipinski definition) is 3. The summed E-state index contributed by atoms with van der Waals surface area (Å²) in [5.74, 6) is 2.08. The van der Waals surface area contributed by atoms with E-state index in [1.807, 2.05) is 34.9 Å². The lowest BCUT2D eigenvalue weighted by atomic mass is 10.1. The minimum absolute atomic E-state index is 0.0881. The number of fused-ring (bicyclic) bond motifs is 1. The molecule has 6 heteroatoms. The van der Waals surface area contributed by atoms with Gasteiger partial charge in [-0.25, -0.2) is 4.79 Å². The van der Waals surface area contributed by atoms with E-state index in [1.165, 1.54) is 5.56 Å². The topological polar surface area (TPSA) is 71.3 Å². The summed E-state index contributed by atoms with van der Waals surface area (Å²) in [5, 5.41) is 14.2. The third kappa shape index (κ3) is 3.85. The molecule has 2 N–H and O–H groups in total. The molecular formula is C20H23N5O. The number of nitrogens with one attached hydrogen (secondary N) is 2. The normalized spacial score (nSPS) is 18.6. The minimum atomic E-state index is -0.0881. The van der Waals surface area contributed by atoms with Gasteiger partial charge >= 0.3 is 6.03 Å². The number of urea groups is 1. The van der Waals surface area contributed by atoms with Crippen LogP contribution in [0.5, 0.6) is 0 Å². The highest BCUT2D eigenvalue weighted by Crippen LogP contribution is 2.46. The van der Waals surface area contributed by atoms with Crippen molar-refractivity contribution in [2.45, 2.75) is 25.2 Å². The first-order chi connectivity index (χ1) is 12.8. The first kappa shape index (κ1) is 16.6. The molecular weight excluding hydrogens is 326 g/mol. The summed E-state index contributed by atoms with van der Waals surface area (Å²) in [4.78, 5) is 11.9. The quantitative estimate of drug-likeness (QED) is 0.644. The van der Waals surface area contributed by atoms with E-state index in [4.69, 9.17) is 0 Å². The monoisotopic (exact) mass is 349 g/mol. The predicted molar refractivity (Wildman–Crippen MR) is 100.0 cm³/mol. The summed E-state index contributed by atoms with van der Waals surface area (Å²) in [5.41, 5.74) is 2.23. The van der Waals surface area contributed by atoms with Gasteiger partial charge in [-0.15, -0.1) is 10.2 Å². The molecule has 26 heavy (non-hydrogen) atoms. The van der Waals surface area contributed by atoms with E-state index >= 15 is 0 Å². The zero-order chi connectivity index (χ0) is 17.8. The zero-order valence-corrected chi connectivity index (χ0v) is 14.6. The van der Waals surface area contributed by atoms with Gasteiger partial charge in [0.05, 0.1) is 0 Å². The van der Waals surface area contributed by atoms with Crippen molar-refractivity contribution in [3.8, 4) is 0 Å². The Labute approximate surface area is 152 Å². The molecule has 6 nitrogen and oxygen atoms in total. The Morgan fingerprint density at radius 1 is 1.08 bits per heavy atom. The van der Waals surface area contributed by atoms with E-state index in [0.29, 0.717) is 18.4 Å². The van der Waals surface area contributed by atoms with Crippen molar-refractivity contribution in [2.75, 3.05) is 13.1 Å². The fourth-order valence-corrected chi connectivity index (χ4v) is 3.38. The highest BCUT2D eigenvalue weighted by Gasteiger charge is 2.37. The molecule has 1 aliphatic carbocycles. The summed E-state index contributed by atoms with van der Waals surface area (Å²) in [6.45, 7) is 1.36. The molecule has 2 amide bonds. The Morgan fingerprint density at radius 3 is 2.81 bits per heavy atom. The number of aryl methyl sites for hydroxylation is 1. The van der Waals surface area contributed by atoms with Crippen LogP contribution in [0.4, 0.5) is 4.79 Å². The van der Waals surface area contributed by atoms with Crippen LogP contribution in [0.3, 0.4) is 0 Å². The molecule has 2 aromatic heterocycles. The van der Waals surface area contributed by atoms with Crippen molar-refractivity contribution in [3.63, 3.8) is 0 Å². The number of carbonyl (C=O) groups excluding carboxylic acids is 1. The number of carbonyl (C=O) groups is 1. The van der Waals surface area contributed by atoms with Gasteiger partial charge in [-0.2, -0.15) is 0 Å². The molecule has 4 rings (SSSR count). The number of amides is 2. The van der Waals surface area contributed by atoms with Gasteiger partial charge in [-0.3, -0.25) is 4.40 Å². The van der Waals surface area contributed by atoms with Gasteiger partial charge in [0, 0.05) is 25.7 Å². The lowest BCUT2D eigenvalue weighted by molar-refractivity contribution is 0.240. The van der Waals surface area contributed by atoms with Gasteiger partial charge in [0.1, 0.15) is 5.82 Å². The fourth-order valence-electron chi connectivity index (χ4n) is 3.38.